The lowest BCUT2D eigenvalue weighted by Gasteiger charge is -2.07. The molecule has 6 nitrogen and oxygen atoms in total. The maximum Gasteiger partial charge on any atom is 0.226 e. The molecule has 0 radical (unpaired) electrons. The number of nitrogen functional groups attached to an aromatic ring is 1. The number of nitrogens with zero attached hydrogens (tertiary/aromatic N) is 4. The Hall–Kier alpha value is -2.63. The first-order chi connectivity index (χ1) is 9.63. The van der Waals surface area contributed by atoms with Crippen molar-refractivity contribution in [3.8, 4) is 0 Å². The highest BCUT2D eigenvalue weighted by Crippen LogP contribution is 2.18. The second-order valence-corrected chi connectivity index (χ2v) is 4.78. The topological polar surface area (TPSA) is 81.6 Å². The van der Waals surface area contributed by atoms with E-state index in [0.29, 0.717) is 18.3 Å². The van der Waals surface area contributed by atoms with E-state index in [-0.39, 0.29) is 0 Å². The molecule has 1 aromatic carbocycles. The van der Waals surface area contributed by atoms with Crippen molar-refractivity contribution in [3.05, 3.63) is 41.6 Å². The van der Waals surface area contributed by atoms with Gasteiger partial charge in [0, 0.05) is 13.6 Å². The Balaban J connectivity index is 1.86. The van der Waals surface area contributed by atoms with E-state index in [9.17, 15) is 0 Å². The molecule has 0 atom stereocenters. The average molecular weight is 268 g/mol. The smallest absolute Gasteiger partial charge is 0.226 e. The van der Waals surface area contributed by atoms with E-state index in [1.807, 2.05) is 13.1 Å². The van der Waals surface area contributed by atoms with Crippen molar-refractivity contribution in [3.63, 3.8) is 0 Å². The molecular weight excluding hydrogens is 252 g/mol. The second kappa shape index (κ2) is 4.80. The summed E-state index contributed by atoms with van der Waals surface area (Å²) < 4.78 is 1.69. The Morgan fingerprint density at radius 1 is 1.30 bits per heavy atom. The highest BCUT2D eigenvalue weighted by atomic mass is 15.3. The van der Waals surface area contributed by atoms with Crippen molar-refractivity contribution in [1.82, 2.24) is 19.7 Å². The SMILES string of the molecule is Cc1cccc(CNc2nc(N)c3cnn(C)c3n2)c1. The molecule has 0 amide bonds. The molecule has 3 N–H and O–H groups in total. The van der Waals surface area contributed by atoms with Gasteiger partial charge in [0.05, 0.1) is 11.6 Å². The van der Waals surface area contributed by atoms with E-state index in [1.54, 1.807) is 10.9 Å². The molecule has 0 aliphatic carbocycles. The van der Waals surface area contributed by atoms with E-state index >= 15 is 0 Å². The number of rotatable bonds is 3. The van der Waals surface area contributed by atoms with Gasteiger partial charge >= 0.3 is 0 Å². The van der Waals surface area contributed by atoms with Crippen LogP contribution in [-0.2, 0) is 13.6 Å². The van der Waals surface area contributed by atoms with E-state index < -0.39 is 0 Å². The molecule has 0 bridgehead atoms. The molecule has 0 saturated carbocycles. The summed E-state index contributed by atoms with van der Waals surface area (Å²) in [5, 5.41) is 8.10. The number of hydrogen-bond acceptors (Lipinski definition) is 5. The fourth-order valence-electron chi connectivity index (χ4n) is 2.13. The molecule has 0 fully saturated rings. The Bertz CT molecular complexity index is 761. The van der Waals surface area contributed by atoms with Gasteiger partial charge in [-0.05, 0) is 12.5 Å². The first kappa shape index (κ1) is 12.4. The predicted octanol–water partition coefficient (Wildman–Crippen LogP) is 1.87. The van der Waals surface area contributed by atoms with Crippen LogP contribution in [0.2, 0.25) is 0 Å². The van der Waals surface area contributed by atoms with Crippen molar-refractivity contribution in [2.24, 2.45) is 7.05 Å². The van der Waals surface area contributed by atoms with Gasteiger partial charge in [0.25, 0.3) is 0 Å². The van der Waals surface area contributed by atoms with Crippen LogP contribution in [0, 0.1) is 6.92 Å². The summed E-state index contributed by atoms with van der Waals surface area (Å²) in [5.74, 6) is 0.954. The maximum atomic E-state index is 5.92. The fraction of sp³-hybridized carbons (Fsp3) is 0.214. The van der Waals surface area contributed by atoms with Crippen LogP contribution in [0.1, 0.15) is 11.1 Å². The van der Waals surface area contributed by atoms with Crippen LogP contribution >= 0.6 is 0 Å². The van der Waals surface area contributed by atoms with Crippen LogP contribution in [0.3, 0.4) is 0 Å². The third-order valence-corrected chi connectivity index (χ3v) is 3.15. The Morgan fingerprint density at radius 2 is 2.15 bits per heavy atom. The van der Waals surface area contributed by atoms with Gasteiger partial charge in [-0.2, -0.15) is 15.1 Å². The van der Waals surface area contributed by atoms with Gasteiger partial charge < -0.3 is 11.1 Å². The van der Waals surface area contributed by atoms with E-state index in [0.717, 1.165) is 11.0 Å². The quantitative estimate of drug-likeness (QED) is 0.757. The maximum absolute atomic E-state index is 5.92. The molecule has 3 rings (SSSR count). The van der Waals surface area contributed by atoms with Crippen LogP contribution in [0.5, 0.6) is 0 Å². The zero-order chi connectivity index (χ0) is 14.1. The molecule has 0 aliphatic heterocycles. The molecule has 2 aromatic heterocycles. The molecule has 0 unspecified atom stereocenters. The van der Waals surface area contributed by atoms with Crippen LogP contribution in [0.25, 0.3) is 11.0 Å². The Morgan fingerprint density at radius 3 is 2.95 bits per heavy atom. The number of benzene rings is 1. The lowest BCUT2D eigenvalue weighted by Crippen LogP contribution is -2.06. The summed E-state index contributed by atoms with van der Waals surface area (Å²) in [5.41, 5.74) is 9.05. The number of hydrogen-bond donors (Lipinski definition) is 2. The summed E-state index contributed by atoms with van der Waals surface area (Å²) >= 11 is 0. The number of aryl methyl sites for hydroxylation is 2. The van der Waals surface area contributed by atoms with Crippen LogP contribution in [0.4, 0.5) is 11.8 Å². The second-order valence-electron chi connectivity index (χ2n) is 4.78. The van der Waals surface area contributed by atoms with Gasteiger partial charge in [-0.15, -0.1) is 0 Å². The lowest BCUT2D eigenvalue weighted by atomic mass is 10.1. The lowest BCUT2D eigenvalue weighted by molar-refractivity contribution is 0.785. The van der Waals surface area contributed by atoms with Gasteiger partial charge in [0.1, 0.15) is 5.82 Å². The number of anilines is 2. The highest BCUT2D eigenvalue weighted by Gasteiger charge is 2.08. The summed E-state index contributed by atoms with van der Waals surface area (Å²) in [7, 11) is 1.83. The number of fused-ring (bicyclic) bond motifs is 1. The molecule has 20 heavy (non-hydrogen) atoms. The molecule has 0 spiro atoms. The van der Waals surface area contributed by atoms with Gasteiger partial charge in [-0.1, -0.05) is 29.8 Å². The van der Waals surface area contributed by atoms with Crippen molar-refractivity contribution < 1.29 is 0 Å². The summed E-state index contributed by atoms with van der Waals surface area (Å²) in [6.45, 7) is 2.73. The standard InChI is InChI=1S/C14H16N6/c1-9-4-3-5-10(6-9)7-16-14-18-12(15)11-8-17-20(2)13(11)19-14/h3-6,8H,7H2,1-2H3,(H3,15,16,18,19). The van der Waals surface area contributed by atoms with E-state index in [2.05, 4.69) is 45.5 Å². The molecule has 0 saturated heterocycles. The van der Waals surface area contributed by atoms with Crippen LogP contribution in [-0.4, -0.2) is 19.7 Å². The van der Waals surface area contributed by atoms with E-state index in [1.165, 1.54) is 11.1 Å². The van der Waals surface area contributed by atoms with Gasteiger partial charge in [0.2, 0.25) is 5.95 Å². The minimum absolute atomic E-state index is 0.440. The Labute approximate surface area is 116 Å². The third kappa shape index (κ3) is 2.27. The monoisotopic (exact) mass is 268 g/mol. The fourth-order valence-corrected chi connectivity index (χ4v) is 2.13. The largest absolute Gasteiger partial charge is 0.383 e. The van der Waals surface area contributed by atoms with Gasteiger partial charge in [0.15, 0.2) is 5.65 Å². The average Bonchev–Trinajstić information content (AvgIpc) is 2.79. The van der Waals surface area contributed by atoms with Gasteiger partial charge in [-0.25, -0.2) is 0 Å². The molecule has 6 heteroatoms. The number of nitrogens with one attached hydrogen (secondary N) is 1. The zero-order valence-corrected chi connectivity index (χ0v) is 11.5. The molecule has 2 heterocycles. The Kier molecular flexibility index (Phi) is 2.98. The van der Waals surface area contributed by atoms with Crippen molar-refractivity contribution >= 4 is 22.8 Å². The van der Waals surface area contributed by atoms with Crippen molar-refractivity contribution in [2.45, 2.75) is 13.5 Å². The molecule has 102 valence electrons. The number of aromatic nitrogens is 4. The normalized spacial score (nSPS) is 10.9. The van der Waals surface area contributed by atoms with Gasteiger partial charge in [-0.3, -0.25) is 4.68 Å². The molecule has 0 aliphatic rings. The third-order valence-electron chi connectivity index (χ3n) is 3.15. The first-order valence-corrected chi connectivity index (χ1v) is 6.38. The van der Waals surface area contributed by atoms with E-state index in [4.69, 9.17) is 5.73 Å². The molecule has 3 aromatic rings. The minimum Gasteiger partial charge on any atom is -0.383 e. The summed E-state index contributed by atoms with van der Waals surface area (Å²) in [6, 6.07) is 8.29. The minimum atomic E-state index is 0.440. The molecular formula is C14H16N6. The zero-order valence-electron chi connectivity index (χ0n) is 11.5. The summed E-state index contributed by atoms with van der Waals surface area (Å²) in [4.78, 5) is 8.69. The van der Waals surface area contributed by atoms with Crippen LogP contribution in [0.15, 0.2) is 30.5 Å². The predicted molar refractivity (Wildman–Crippen MR) is 79.2 cm³/mol. The first-order valence-electron chi connectivity index (χ1n) is 6.38. The summed E-state index contributed by atoms with van der Waals surface area (Å²) in [6.07, 6.45) is 1.68. The van der Waals surface area contributed by atoms with Crippen molar-refractivity contribution in [2.75, 3.05) is 11.1 Å². The number of nitrogens with two attached hydrogens (primary N) is 1. The highest BCUT2D eigenvalue weighted by molar-refractivity contribution is 5.86. The van der Waals surface area contributed by atoms with Crippen molar-refractivity contribution in [1.29, 1.82) is 0 Å². The van der Waals surface area contributed by atoms with Crippen LogP contribution < -0.4 is 11.1 Å².